The molecule has 0 rings (SSSR count). The Hall–Kier alpha value is -1.37. The summed E-state index contributed by atoms with van der Waals surface area (Å²) in [6.07, 6.45) is 4.95. The fourth-order valence-corrected chi connectivity index (χ4v) is 0.566. The van der Waals surface area contributed by atoms with E-state index in [4.69, 9.17) is 0 Å². The van der Waals surface area contributed by atoms with Crippen LogP contribution < -0.4 is 0 Å². The summed E-state index contributed by atoms with van der Waals surface area (Å²) in [6.45, 7) is 22.1. The Kier molecular flexibility index (Phi) is 23.2. The predicted molar refractivity (Wildman–Crippen MR) is 69.9 cm³/mol. The molecule has 0 aliphatic heterocycles. The molecule has 0 amide bonds. The SMILES string of the molecule is C=CC(C=C)=C(C=C)N=C.CC.CC. The number of aliphatic imine (C=N–C) groups is 1. The van der Waals surface area contributed by atoms with E-state index in [2.05, 4.69) is 31.4 Å². The molecule has 0 aliphatic rings. The normalized spacial score (nSPS) is 6.29. The third-order valence-corrected chi connectivity index (χ3v) is 1.10. The molecular formula is C13H23N. The predicted octanol–water partition coefficient (Wildman–Crippen LogP) is 4.55. The van der Waals surface area contributed by atoms with Crippen molar-refractivity contribution < 1.29 is 0 Å². The summed E-state index contributed by atoms with van der Waals surface area (Å²) in [5.41, 5.74) is 1.56. The maximum Gasteiger partial charge on any atom is 0.0688 e. The Morgan fingerprint density at radius 3 is 1.29 bits per heavy atom. The van der Waals surface area contributed by atoms with E-state index in [1.165, 1.54) is 0 Å². The van der Waals surface area contributed by atoms with E-state index in [0.717, 1.165) is 5.57 Å². The minimum atomic E-state index is 0.713. The molecule has 0 radical (unpaired) electrons. The molecule has 1 heteroatoms. The van der Waals surface area contributed by atoms with E-state index in [9.17, 15) is 0 Å². The Labute approximate surface area is 89.3 Å². The van der Waals surface area contributed by atoms with Crippen molar-refractivity contribution >= 4 is 6.72 Å². The summed E-state index contributed by atoms with van der Waals surface area (Å²) in [5, 5.41) is 0. The van der Waals surface area contributed by atoms with Gasteiger partial charge in [0.2, 0.25) is 0 Å². The maximum absolute atomic E-state index is 3.72. The zero-order chi connectivity index (χ0) is 12.0. The van der Waals surface area contributed by atoms with Crippen LogP contribution in [-0.4, -0.2) is 6.72 Å². The van der Waals surface area contributed by atoms with Crippen molar-refractivity contribution in [3.05, 3.63) is 49.2 Å². The van der Waals surface area contributed by atoms with Gasteiger partial charge in [-0.3, -0.25) is 4.99 Å². The molecule has 0 N–H and O–H groups in total. The van der Waals surface area contributed by atoms with Crippen molar-refractivity contribution in [1.29, 1.82) is 0 Å². The van der Waals surface area contributed by atoms with Gasteiger partial charge in [-0.25, -0.2) is 0 Å². The van der Waals surface area contributed by atoms with Crippen molar-refractivity contribution in [2.45, 2.75) is 27.7 Å². The molecule has 80 valence electrons. The summed E-state index contributed by atoms with van der Waals surface area (Å²) < 4.78 is 0. The topological polar surface area (TPSA) is 12.4 Å². The molecule has 0 fully saturated rings. The monoisotopic (exact) mass is 193 g/mol. The number of rotatable bonds is 4. The van der Waals surface area contributed by atoms with Crippen molar-refractivity contribution in [3.8, 4) is 0 Å². The molecule has 0 heterocycles. The third kappa shape index (κ3) is 8.72. The lowest BCUT2D eigenvalue weighted by Crippen LogP contribution is -1.76. The zero-order valence-electron chi connectivity index (χ0n) is 10.0. The van der Waals surface area contributed by atoms with Gasteiger partial charge in [0.25, 0.3) is 0 Å². The number of hydrogen-bond acceptors (Lipinski definition) is 1. The number of hydrogen-bond donors (Lipinski definition) is 0. The Morgan fingerprint density at radius 2 is 1.21 bits per heavy atom. The van der Waals surface area contributed by atoms with E-state index in [1.807, 2.05) is 27.7 Å². The molecule has 0 atom stereocenters. The van der Waals surface area contributed by atoms with Crippen LogP contribution in [0.5, 0.6) is 0 Å². The van der Waals surface area contributed by atoms with Crippen LogP contribution in [0.2, 0.25) is 0 Å². The molecule has 0 aromatic rings. The van der Waals surface area contributed by atoms with E-state index >= 15 is 0 Å². The van der Waals surface area contributed by atoms with Crippen molar-refractivity contribution in [1.82, 2.24) is 0 Å². The first kappa shape index (κ1) is 18.4. The minimum Gasteiger partial charge on any atom is -0.264 e. The van der Waals surface area contributed by atoms with Gasteiger partial charge in [-0.2, -0.15) is 0 Å². The second kappa shape index (κ2) is 17.6. The third-order valence-electron chi connectivity index (χ3n) is 1.10. The lowest BCUT2D eigenvalue weighted by atomic mass is 10.2. The first-order valence-electron chi connectivity index (χ1n) is 4.88. The molecule has 0 aromatic heterocycles. The molecular weight excluding hydrogens is 170 g/mol. The molecule has 0 saturated heterocycles. The van der Waals surface area contributed by atoms with Crippen LogP contribution in [0.25, 0.3) is 0 Å². The average molecular weight is 193 g/mol. The molecule has 0 aromatic carbocycles. The molecule has 0 bridgehead atoms. The highest BCUT2D eigenvalue weighted by Gasteiger charge is 1.90. The van der Waals surface area contributed by atoms with Crippen LogP contribution in [0.3, 0.4) is 0 Å². The second-order valence-corrected chi connectivity index (χ2v) is 1.61. The lowest BCUT2D eigenvalue weighted by Gasteiger charge is -1.95. The van der Waals surface area contributed by atoms with E-state index in [0.29, 0.717) is 5.70 Å². The maximum atomic E-state index is 3.72. The van der Waals surface area contributed by atoms with Crippen LogP contribution in [-0.2, 0) is 0 Å². The highest BCUT2D eigenvalue weighted by molar-refractivity contribution is 5.42. The molecule has 1 nitrogen and oxygen atoms in total. The van der Waals surface area contributed by atoms with Crippen molar-refractivity contribution in [3.63, 3.8) is 0 Å². The first-order chi connectivity index (χ1) is 6.79. The first-order valence-corrected chi connectivity index (χ1v) is 4.88. The standard InChI is InChI=1S/C9H11N.2C2H6/c1-5-8(6-2)9(7-3)10-4;2*1-2/h5-7H,1-4H2;2*1-2H3. The van der Waals surface area contributed by atoms with E-state index in [-0.39, 0.29) is 0 Å². The summed E-state index contributed by atoms with van der Waals surface area (Å²) in [5.74, 6) is 0. The largest absolute Gasteiger partial charge is 0.264 e. The Bertz CT molecular complexity index is 155. The summed E-state index contributed by atoms with van der Waals surface area (Å²) in [4.78, 5) is 3.72. The average Bonchev–Trinajstić information content (AvgIpc) is 2.31. The van der Waals surface area contributed by atoms with Gasteiger partial charge in [-0.1, -0.05) is 59.6 Å². The smallest absolute Gasteiger partial charge is 0.0688 e. The molecule has 14 heavy (non-hydrogen) atoms. The fraction of sp³-hybridized carbons (Fsp3) is 0.308. The van der Waals surface area contributed by atoms with Gasteiger partial charge in [-0.15, -0.1) is 0 Å². The van der Waals surface area contributed by atoms with Crippen molar-refractivity contribution in [2.24, 2.45) is 4.99 Å². The molecule has 0 saturated carbocycles. The Morgan fingerprint density at radius 1 is 0.857 bits per heavy atom. The van der Waals surface area contributed by atoms with Crippen molar-refractivity contribution in [2.75, 3.05) is 0 Å². The van der Waals surface area contributed by atoms with Gasteiger partial charge in [0.05, 0.1) is 5.70 Å². The Balaban J connectivity index is -0.000000266. The van der Waals surface area contributed by atoms with Crippen LogP contribution in [0.4, 0.5) is 0 Å². The van der Waals surface area contributed by atoms with Gasteiger partial charge in [-0.05, 0) is 18.4 Å². The highest BCUT2D eigenvalue weighted by atomic mass is 14.7. The highest BCUT2D eigenvalue weighted by Crippen LogP contribution is 2.07. The quantitative estimate of drug-likeness (QED) is 0.459. The van der Waals surface area contributed by atoms with Crippen LogP contribution in [0.1, 0.15) is 27.7 Å². The van der Waals surface area contributed by atoms with Gasteiger partial charge >= 0.3 is 0 Å². The van der Waals surface area contributed by atoms with Crippen LogP contribution in [0.15, 0.2) is 54.2 Å². The number of nitrogens with zero attached hydrogens (tertiary/aromatic N) is 1. The lowest BCUT2D eigenvalue weighted by molar-refractivity contribution is 1.39. The summed E-state index contributed by atoms with van der Waals surface area (Å²) in [6, 6.07) is 0. The molecule has 0 spiro atoms. The van der Waals surface area contributed by atoms with E-state index in [1.54, 1.807) is 18.2 Å². The van der Waals surface area contributed by atoms with Gasteiger partial charge < -0.3 is 0 Å². The van der Waals surface area contributed by atoms with Crippen LogP contribution in [0, 0.1) is 0 Å². The van der Waals surface area contributed by atoms with Gasteiger partial charge in [0.1, 0.15) is 0 Å². The summed E-state index contributed by atoms with van der Waals surface area (Å²) >= 11 is 0. The molecule has 0 aliphatic carbocycles. The van der Waals surface area contributed by atoms with Gasteiger partial charge in [0, 0.05) is 0 Å². The van der Waals surface area contributed by atoms with Crippen LogP contribution >= 0.6 is 0 Å². The fourth-order valence-electron chi connectivity index (χ4n) is 0.566. The van der Waals surface area contributed by atoms with Gasteiger partial charge in [0.15, 0.2) is 0 Å². The zero-order valence-corrected chi connectivity index (χ0v) is 10.0. The second-order valence-electron chi connectivity index (χ2n) is 1.61. The molecule has 0 unspecified atom stereocenters. The summed E-state index contributed by atoms with van der Waals surface area (Å²) in [7, 11) is 0. The minimum absolute atomic E-state index is 0.713. The van der Waals surface area contributed by atoms with E-state index < -0.39 is 0 Å². The number of allylic oxidation sites excluding steroid dienone is 4.